The summed E-state index contributed by atoms with van der Waals surface area (Å²) in [5, 5.41) is 16.5. The summed E-state index contributed by atoms with van der Waals surface area (Å²) in [5.74, 6) is 1.16. The Balaban J connectivity index is 1.44. The predicted molar refractivity (Wildman–Crippen MR) is 136 cm³/mol. The number of anilines is 2. The van der Waals surface area contributed by atoms with Gasteiger partial charge >= 0.3 is 0 Å². The number of nitrogens with zero attached hydrogens (tertiary/aromatic N) is 2. The average Bonchev–Trinajstić information content (AvgIpc) is 3.47. The third-order valence-electron chi connectivity index (χ3n) is 5.30. The fourth-order valence-electron chi connectivity index (χ4n) is 3.44. The Morgan fingerprint density at radius 2 is 2.00 bits per heavy atom. The number of aromatic nitrogens is 3. The van der Waals surface area contributed by atoms with Crippen molar-refractivity contribution in [2.75, 3.05) is 31.0 Å². The largest absolute Gasteiger partial charge is 0.491 e. The summed E-state index contributed by atoms with van der Waals surface area (Å²) in [7, 11) is 1.65. The Hall–Kier alpha value is -3.43. The molecule has 0 aliphatic carbocycles. The van der Waals surface area contributed by atoms with Crippen LogP contribution in [0, 0.1) is 0 Å². The third-order valence-corrected chi connectivity index (χ3v) is 6.21. The number of thiophene rings is 1. The van der Waals surface area contributed by atoms with Gasteiger partial charge in [0, 0.05) is 42.8 Å². The lowest BCUT2D eigenvalue weighted by Gasteiger charge is -2.13. The quantitative estimate of drug-likeness (QED) is 0.285. The van der Waals surface area contributed by atoms with Crippen molar-refractivity contribution < 1.29 is 14.3 Å². The van der Waals surface area contributed by atoms with E-state index in [-0.39, 0.29) is 11.3 Å². The van der Waals surface area contributed by atoms with E-state index in [9.17, 15) is 4.79 Å². The van der Waals surface area contributed by atoms with Crippen molar-refractivity contribution >= 4 is 39.7 Å². The second kappa shape index (κ2) is 10.2. The third kappa shape index (κ3) is 5.55. The molecular formula is C25H29N5O3S. The van der Waals surface area contributed by atoms with E-state index in [2.05, 4.69) is 46.6 Å². The van der Waals surface area contributed by atoms with Gasteiger partial charge in [-0.1, -0.05) is 20.8 Å². The van der Waals surface area contributed by atoms with Crippen LogP contribution in [0.1, 0.15) is 41.7 Å². The molecule has 4 rings (SSSR count). The molecule has 0 fully saturated rings. The fourth-order valence-corrected chi connectivity index (χ4v) is 4.20. The molecule has 178 valence electrons. The Bertz CT molecular complexity index is 1280. The van der Waals surface area contributed by atoms with Gasteiger partial charge in [0.15, 0.2) is 0 Å². The van der Waals surface area contributed by atoms with Gasteiger partial charge < -0.3 is 20.1 Å². The van der Waals surface area contributed by atoms with Gasteiger partial charge in [-0.3, -0.25) is 14.9 Å². The number of pyridine rings is 1. The molecule has 0 saturated carbocycles. The van der Waals surface area contributed by atoms with Crippen molar-refractivity contribution in [2.24, 2.45) is 0 Å². The standard InChI is InChI=1S/C25H29N5O3S/c1-25(2,3)21-14-22(30-29-21)28-24(31)23-19(8-12-34-23)27-15-16-7-9-26-20-13-17(5-6-18(16)20)33-11-10-32-4/h5-9,12-14,27H,10-11,15H2,1-4H3,(H2,28,29,30,31). The molecule has 8 nitrogen and oxygen atoms in total. The molecular weight excluding hydrogens is 450 g/mol. The summed E-state index contributed by atoms with van der Waals surface area (Å²) in [6.07, 6.45) is 1.78. The number of aromatic amines is 1. The average molecular weight is 480 g/mol. The lowest BCUT2D eigenvalue weighted by atomic mass is 9.92. The van der Waals surface area contributed by atoms with Crippen LogP contribution >= 0.6 is 11.3 Å². The zero-order chi connectivity index (χ0) is 24.1. The fraction of sp³-hybridized carbons (Fsp3) is 0.320. The summed E-state index contributed by atoms with van der Waals surface area (Å²) in [6.45, 7) is 7.81. The van der Waals surface area contributed by atoms with Crippen LogP contribution in [-0.4, -0.2) is 41.4 Å². The number of rotatable bonds is 9. The van der Waals surface area contributed by atoms with Crippen molar-refractivity contribution in [3.05, 3.63) is 64.1 Å². The maximum atomic E-state index is 12.9. The van der Waals surface area contributed by atoms with Gasteiger partial charge in [0.2, 0.25) is 0 Å². The van der Waals surface area contributed by atoms with Crippen LogP contribution in [0.25, 0.3) is 10.9 Å². The number of benzene rings is 1. The number of carbonyl (C=O) groups excluding carboxylic acids is 1. The van der Waals surface area contributed by atoms with Gasteiger partial charge in [0.25, 0.3) is 5.91 Å². The number of nitrogens with one attached hydrogen (secondary N) is 3. The Kier molecular flexibility index (Phi) is 7.14. The lowest BCUT2D eigenvalue weighted by Crippen LogP contribution is -2.13. The number of fused-ring (bicyclic) bond motifs is 1. The first-order valence-electron chi connectivity index (χ1n) is 11.0. The molecule has 0 radical (unpaired) electrons. The first kappa shape index (κ1) is 23.7. The van der Waals surface area contributed by atoms with Crippen molar-refractivity contribution in [3.8, 4) is 5.75 Å². The van der Waals surface area contributed by atoms with Gasteiger partial charge in [0.1, 0.15) is 23.1 Å². The molecule has 0 spiro atoms. The number of amides is 1. The van der Waals surface area contributed by atoms with Crippen LogP contribution < -0.4 is 15.4 Å². The number of H-pyrrole nitrogens is 1. The van der Waals surface area contributed by atoms with Gasteiger partial charge in [-0.05, 0) is 35.2 Å². The molecule has 0 atom stereocenters. The highest BCUT2D eigenvalue weighted by molar-refractivity contribution is 7.12. The Labute approximate surface area is 202 Å². The van der Waals surface area contributed by atoms with Crippen LogP contribution in [0.5, 0.6) is 5.75 Å². The molecule has 1 aromatic carbocycles. The highest BCUT2D eigenvalue weighted by Gasteiger charge is 2.19. The highest BCUT2D eigenvalue weighted by Crippen LogP contribution is 2.27. The van der Waals surface area contributed by atoms with E-state index in [4.69, 9.17) is 9.47 Å². The Morgan fingerprint density at radius 3 is 2.76 bits per heavy atom. The number of hydrogen-bond acceptors (Lipinski definition) is 7. The van der Waals surface area contributed by atoms with E-state index in [0.717, 1.165) is 33.6 Å². The minimum Gasteiger partial charge on any atom is -0.491 e. The number of carbonyl (C=O) groups is 1. The Morgan fingerprint density at radius 1 is 1.15 bits per heavy atom. The zero-order valence-electron chi connectivity index (χ0n) is 19.8. The summed E-state index contributed by atoms with van der Waals surface area (Å²) < 4.78 is 10.7. The van der Waals surface area contributed by atoms with Gasteiger partial charge in [-0.25, -0.2) is 0 Å². The molecule has 0 bridgehead atoms. The molecule has 4 aromatic rings. The van der Waals surface area contributed by atoms with Gasteiger partial charge in [0.05, 0.1) is 23.5 Å². The maximum absolute atomic E-state index is 12.9. The summed E-state index contributed by atoms with van der Waals surface area (Å²) in [5.41, 5.74) is 3.51. The first-order chi connectivity index (χ1) is 16.3. The summed E-state index contributed by atoms with van der Waals surface area (Å²) in [4.78, 5) is 18.0. The van der Waals surface area contributed by atoms with Crippen LogP contribution in [-0.2, 0) is 16.7 Å². The van der Waals surface area contributed by atoms with Gasteiger partial charge in [-0.15, -0.1) is 11.3 Å². The van der Waals surface area contributed by atoms with Crippen molar-refractivity contribution in [1.82, 2.24) is 15.2 Å². The molecule has 1 amide bonds. The molecule has 0 unspecified atom stereocenters. The van der Waals surface area contributed by atoms with E-state index in [1.54, 1.807) is 13.3 Å². The minimum atomic E-state index is -0.181. The van der Waals surface area contributed by atoms with E-state index >= 15 is 0 Å². The van der Waals surface area contributed by atoms with Crippen LogP contribution in [0.4, 0.5) is 11.5 Å². The highest BCUT2D eigenvalue weighted by atomic mass is 32.1. The second-order valence-electron chi connectivity index (χ2n) is 8.88. The molecule has 34 heavy (non-hydrogen) atoms. The number of ether oxygens (including phenoxy) is 2. The van der Waals surface area contributed by atoms with Crippen LogP contribution in [0.2, 0.25) is 0 Å². The molecule has 3 heterocycles. The maximum Gasteiger partial charge on any atom is 0.268 e. The number of methoxy groups -OCH3 is 1. The van der Waals surface area contributed by atoms with Crippen molar-refractivity contribution in [2.45, 2.75) is 32.7 Å². The molecule has 3 aromatic heterocycles. The molecule has 9 heteroatoms. The normalized spacial score (nSPS) is 11.5. The topological polar surface area (TPSA) is 101 Å². The smallest absolute Gasteiger partial charge is 0.268 e. The molecule has 3 N–H and O–H groups in total. The first-order valence-corrected chi connectivity index (χ1v) is 11.9. The minimum absolute atomic E-state index is 0.0980. The van der Waals surface area contributed by atoms with E-state index < -0.39 is 0 Å². The summed E-state index contributed by atoms with van der Waals surface area (Å²) in [6, 6.07) is 11.6. The molecule has 0 aliphatic heterocycles. The lowest BCUT2D eigenvalue weighted by molar-refractivity contribution is 0.103. The van der Waals surface area contributed by atoms with Crippen molar-refractivity contribution in [1.29, 1.82) is 0 Å². The number of hydrogen-bond donors (Lipinski definition) is 3. The predicted octanol–water partition coefficient (Wildman–Crippen LogP) is 5.21. The van der Waals surface area contributed by atoms with E-state index in [0.29, 0.717) is 30.5 Å². The summed E-state index contributed by atoms with van der Waals surface area (Å²) >= 11 is 1.39. The molecule has 0 aliphatic rings. The monoisotopic (exact) mass is 479 g/mol. The van der Waals surface area contributed by atoms with E-state index in [1.165, 1.54) is 11.3 Å². The van der Waals surface area contributed by atoms with Crippen molar-refractivity contribution in [3.63, 3.8) is 0 Å². The second-order valence-corrected chi connectivity index (χ2v) is 9.79. The van der Waals surface area contributed by atoms with Crippen LogP contribution in [0.3, 0.4) is 0 Å². The van der Waals surface area contributed by atoms with Crippen LogP contribution in [0.15, 0.2) is 48.0 Å². The zero-order valence-corrected chi connectivity index (χ0v) is 20.6. The molecule has 0 saturated heterocycles. The van der Waals surface area contributed by atoms with E-state index in [1.807, 2.05) is 41.8 Å². The SMILES string of the molecule is COCCOc1ccc2c(CNc3ccsc3C(=O)Nc3cc(C(C)(C)C)n[nH]3)ccnc2c1. The van der Waals surface area contributed by atoms with Gasteiger partial charge in [-0.2, -0.15) is 5.10 Å².